The third-order valence-electron chi connectivity index (χ3n) is 2.44. The van der Waals surface area contributed by atoms with E-state index in [4.69, 9.17) is 17.3 Å². The van der Waals surface area contributed by atoms with E-state index in [-0.39, 0.29) is 6.61 Å². The van der Waals surface area contributed by atoms with Crippen LogP contribution in [-0.2, 0) is 6.61 Å². The van der Waals surface area contributed by atoms with Crippen LogP contribution < -0.4 is 11.1 Å². The molecule has 5 nitrogen and oxygen atoms in total. The molecule has 94 valence electrons. The van der Waals surface area contributed by atoms with Crippen molar-refractivity contribution in [2.75, 3.05) is 5.32 Å². The van der Waals surface area contributed by atoms with Gasteiger partial charge in [0.05, 0.1) is 12.3 Å². The van der Waals surface area contributed by atoms with Gasteiger partial charge in [0.15, 0.2) is 0 Å². The predicted octanol–water partition coefficient (Wildman–Crippen LogP) is 2.32. The van der Waals surface area contributed by atoms with Crippen molar-refractivity contribution in [1.29, 1.82) is 0 Å². The number of nitrogens with one attached hydrogen (secondary N) is 2. The quantitative estimate of drug-likeness (QED) is 0.686. The van der Waals surface area contributed by atoms with Gasteiger partial charge in [0.2, 0.25) is 0 Å². The maximum absolute atomic E-state index is 10.8. The Labute approximate surface area is 109 Å². The number of H-pyrrole nitrogens is 1. The number of carbonyl (C=O) groups excluding carboxylic acids is 1. The van der Waals surface area contributed by atoms with Crippen LogP contribution in [0.3, 0.4) is 0 Å². The molecule has 0 spiro atoms. The molecular formula is C12H12ClN3O2. The summed E-state index contributed by atoms with van der Waals surface area (Å²) >= 11 is 5.92. The molecule has 0 bridgehead atoms. The van der Waals surface area contributed by atoms with Crippen LogP contribution in [0.15, 0.2) is 30.3 Å². The topological polar surface area (TPSA) is 91.1 Å². The van der Waals surface area contributed by atoms with Crippen LogP contribution in [0, 0.1) is 0 Å². The van der Waals surface area contributed by atoms with Crippen LogP contribution in [0.2, 0.25) is 5.02 Å². The molecule has 0 saturated carbocycles. The van der Waals surface area contributed by atoms with Crippen molar-refractivity contribution in [1.82, 2.24) is 4.98 Å². The number of anilines is 1. The van der Waals surface area contributed by atoms with Gasteiger partial charge in [-0.25, -0.2) is 4.79 Å². The third kappa shape index (κ3) is 2.64. The van der Waals surface area contributed by atoms with E-state index in [0.717, 1.165) is 5.56 Å². The van der Waals surface area contributed by atoms with Gasteiger partial charge >= 0.3 is 6.03 Å². The number of aromatic nitrogens is 1. The number of halogens is 1. The van der Waals surface area contributed by atoms with E-state index >= 15 is 0 Å². The minimum absolute atomic E-state index is 0.154. The number of aliphatic hydroxyl groups excluding tert-OH is 1. The second kappa shape index (κ2) is 5.12. The fraction of sp³-hybridized carbons (Fsp3) is 0.0833. The van der Waals surface area contributed by atoms with Crippen LogP contribution >= 0.6 is 11.6 Å². The summed E-state index contributed by atoms with van der Waals surface area (Å²) in [4.78, 5) is 13.8. The number of carbonyl (C=O) groups is 1. The molecule has 2 rings (SSSR count). The molecular weight excluding hydrogens is 254 g/mol. The first kappa shape index (κ1) is 12.5. The number of amides is 2. The molecule has 1 aromatic heterocycles. The summed E-state index contributed by atoms with van der Waals surface area (Å²) in [6.07, 6.45) is 0. The van der Waals surface area contributed by atoms with Gasteiger partial charge in [-0.1, -0.05) is 23.7 Å². The molecule has 0 saturated heterocycles. The molecule has 0 aliphatic rings. The van der Waals surface area contributed by atoms with Crippen molar-refractivity contribution in [3.8, 4) is 11.3 Å². The maximum Gasteiger partial charge on any atom is 0.317 e. The molecule has 0 aliphatic heterocycles. The molecule has 1 heterocycles. The minimum Gasteiger partial charge on any atom is -0.392 e. The van der Waals surface area contributed by atoms with Gasteiger partial charge in [-0.05, 0) is 23.8 Å². The fourth-order valence-electron chi connectivity index (χ4n) is 1.72. The molecule has 0 fully saturated rings. The number of nitrogens with two attached hydrogens (primary N) is 1. The number of hydrogen-bond donors (Lipinski definition) is 4. The molecule has 0 aliphatic carbocycles. The zero-order chi connectivity index (χ0) is 13.1. The van der Waals surface area contributed by atoms with E-state index in [1.165, 1.54) is 0 Å². The Kier molecular flexibility index (Phi) is 3.55. The largest absolute Gasteiger partial charge is 0.392 e. The lowest BCUT2D eigenvalue weighted by Crippen LogP contribution is -2.19. The van der Waals surface area contributed by atoms with Crippen molar-refractivity contribution in [2.45, 2.75) is 6.61 Å². The fourth-order valence-corrected chi connectivity index (χ4v) is 1.91. The standard InChI is InChI=1S/C12H12ClN3O2/c13-9-3-1-2-7(4-9)11-8(6-17)5-10(15-11)16-12(14)18/h1-5,15,17H,6H2,(H3,14,16,18). The number of aromatic amines is 1. The monoisotopic (exact) mass is 265 g/mol. The average molecular weight is 266 g/mol. The smallest absolute Gasteiger partial charge is 0.317 e. The Morgan fingerprint density at radius 3 is 2.83 bits per heavy atom. The molecule has 18 heavy (non-hydrogen) atoms. The number of aliphatic hydroxyl groups is 1. The molecule has 2 amide bonds. The van der Waals surface area contributed by atoms with Crippen molar-refractivity contribution in [2.24, 2.45) is 5.73 Å². The molecule has 0 unspecified atom stereocenters. The second-order valence-electron chi connectivity index (χ2n) is 3.74. The third-order valence-corrected chi connectivity index (χ3v) is 2.68. The lowest BCUT2D eigenvalue weighted by atomic mass is 10.1. The minimum atomic E-state index is -0.668. The Hall–Kier alpha value is -1.98. The Morgan fingerprint density at radius 2 is 2.22 bits per heavy atom. The van der Waals surface area contributed by atoms with E-state index in [0.29, 0.717) is 22.1 Å². The molecule has 0 radical (unpaired) electrons. The van der Waals surface area contributed by atoms with E-state index in [9.17, 15) is 9.90 Å². The zero-order valence-electron chi connectivity index (χ0n) is 9.40. The summed E-state index contributed by atoms with van der Waals surface area (Å²) < 4.78 is 0. The van der Waals surface area contributed by atoms with E-state index < -0.39 is 6.03 Å². The lowest BCUT2D eigenvalue weighted by Gasteiger charge is -2.02. The van der Waals surface area contributed by atoms with Crippen LogP contribution in [-0.4, -0.2) is 16.1 Å². The average Bonchev–Trinajstić information content (AvgIpc) is 2.71. The summed E-state index contributed by atoms with van der Waals surface area (Å²) in [5.41, 5.74) is 7.21. The second-order valence-corrected chi connectivity index (χ2v) is 4.18. The first-order valence-electron chi connectivity index (χ1n) is 5.25. The molecule has 0 atom stereocenters. The SMILES string of the molecule is NC(=O)Nc1cc(CO)c(-c2cccc(Cl)c2)[nH]1. The van der Waals surface area contributed by atoms with Gasteiger partial charge in [0.1, 0.15) is 5.82 Å². The van der Waals surface area contributed by atoms with Gasteiger partial charge in [-0.15, -0.1) is 0 Å². The van der Waals surface area contributed by atoms with Crippen molar-refractivity contribution >= 4 is 23.4 Å². The van der Waals surface area contributed by atoms with Gasteiger partial charge in [-0.3, -0.25) is 5.32 Å². The van der Waals surface area contributed by atoms with E-state index in [1.54, 1.807) is 24.3 Å². The highest BCUT2D eigenvalue weighted by atomic mass is 35.5. The Balaban J connectivity index is 2.43. The number of hydrogen-bond acceptors (Lipinski definition) is 2. The first-order valence-corrected chi connectivity index (χ1v) is 5.63. The van der Waals surface area contributed by atoms with Crippen molar-refractivity contribution in [3.05, 3.63) is 40.9 Å². The highest BCUT2D eigenvalue weighted by molar-refractivity contribution is 6.30. The molecule has 2 aromatic rings. The lowest BCUT2D eigenvalue weighted by molar-refractivity contribution is 0.259. The van der Waals surface area contributed by atoms with Gasteiger partial charge in [-0.2, -0.15) is 0 Å². The summed E-state index contributed by atoms with van der Waals surface area (Å²) in [6.45, 7) is -0.154. The predicted molar refractivity (Wildman–Crippen MR) is 70.4 cm³/mol. The van der Waals surface area contributed by atoms with E-state index in [1.807, 2.05) is 6.07 Å². The number of benzene rings is 1. The molecule has 5 N–H and O–H groups in total. The maximum atomic E-state index is 10.8. The Morgan fingerprint density at radius 1 is 1.44 bits per heavy atom. The summed E-state index contributed by atoms with van der Waals surface area (Å²) in [5.74, 6) is 0.432. The van der Waals surface area contributed by atoms with E-state index in [2.05, 4.69) is 10.3 Å². The highest BCUT2D eigenvalue weighted by Crippen LogP contribution is 2.28. The molecule has 1 aromatic carbocycles. The van der Waals surface area contributed by atoms with Gasteiger partial charge < -0.3 is 15.8 Å². The van der Waals surface area contributed by atoms with Gasteiger partial charge in [0, 0.05) is 10.6 Å². The summed E-state index contributed by atoms with van der Waals surface area (Å²) in [7, 11) is 0. The number of primary amides is 1. The van der Waals surface area contributed by atoms with Crippen LogP contribution in [0.4, 0.5) is 10.6 Å². The number of urea groups is 1. The first-order chi connectivity index (χ1) is 8.60. The normalized spacial score (nSPS) is 10.3. The zero-order valence-corrected chi connectivity index (χ0v) is 10.2. The van der Waals surface area contributed by atoms with Crippen LogP contribution in [0.1, 0.15) is 5.56 Å². The van der Waals surface area contributed by atoms with Crippen LogP contribution in [0.25, 0.3) is 11.3 Å². The highest BCUT2D eigenvalue weighted by Gasteiger charge is 2.10. The molecule has 6 heteroatoms. The van der Waals surface area contributed by atoms with Crippen molar-refractivity contribution < 1.29 is 9.90 Å². The number of rotatable bonds is 3. The Bertz CT molecular complexity index is 580. The van der Waals surface area contributed by atoms with Crippen molar-refractivity contribution in [3.63, 3.8) is 0 Å². The summed E-state index contributed by atoms with van der Waals surface area (Å²) in [6, 6.07) is 8.14. The van der Waals surface area contributed by atoms with Gasteiger partial charge in [0.25, 0.3) is 0 Å². The summed E-state index contributed by atoms with van der Waals surface area (Å²) in [5, 5.41) is 12.3. The van der Waals surface area contributed by atoms with Crippen LogP contribution in [0.5, 0.6) is 0 Å².